The number of hydrogen-bond acceptors (Lipinski definition) is 2. The monoisotopic (exact) mass is 225 g/mol. The van der Waals surface area contributed by atoms with Crippen LogP contribution in [-0.4, -0.2) is 50.2 Å². The van der Waals surface area contributed by atoms with Gasteiger partial charge in [0.25, 0.3) is 0 Å². The first kappa shape index (κ1) is 10.5. The summed E-state index contributed by atoms with van der Waals surface area (Å²) in [5.74, 6) is 1.12. The fraction of sp³-hybridized carbons (Fsp3) is 0.917. The summed E-state index contributed by atoms with van der Waals surface area (Å²) in [6.07, 6.45) is 0. The molecule has 3 N–H and O–H groups in total. The zero-order valence-electron chi connectivity index (χ0n) is 10.3. The number of hydrogen-bond donors (Lipinski definition) is 3. The van der Waals surface area contributed by atoms with Gasteiger partial charge in [0.1, 0.15) is 18.5 Å². The third-order valence-electron chi connectivity index (χ3n) is 5.14. The SMILES string of the molecule is CC(C)C12C[NH+]3CC[NH+](CC(C3)/C1=N/O)C2. The molecular formula is C12H23N3O+2. The van der Waals surface area contributed by atoms with Crippen LogP contribution in [0.5, 0.6) is 0 Å². The highest BCUT2D eigenvalue weighted by atomic mass is 16.4. The molecule has 2 atom stereocenters. The van der Waals surface area contributed by atoms with Crippen molar-refractivity contribution in [3.05, 3.63) is 0 Å². The van der Waals surface area contributed by atoms with Crippen LogP contribution >= 0.6 is 0 Å². The van der Waals surface area contributed by atoms with E-state index in [0.29, 0.717) is 11.8 Å². The average Bonchev–Trinajstić information content (AvgIpc) is 2.47. The molecule has 90 valence electrons. The Kier molecular flexibility index (Phi) is 2.27. The van der Waals surface area contributed by atoms with Crippen LogP contribution in [0.1, 0.15) is 13.8 Å². The summed E-state index contributed by atoms with van der Waals surface area (Å²) in [7, 11) is 0. The van der Waals surface area contributed by atoms with E-state index < -0.39 is 0 Å². The van der Waals surface area contributed by atoms with E-state index in [9.17, 15) is 5.21 Å². The van der Waals surface area contributed by atoms with Gasteiger partial charge in [-0.05, 0) is 5.92 Å². The number of piperidine rings is 2. The number of fused-ring (bicyclic) bond motifs is 1. The second-order valence-electron chi connectivity index (χ2n) is 6.25. The van der Waals surface area contributed by atoms with Gasteiger partial charge >= 0.3 is 0 Å². The Morgan fingerprint density at radius 2 is 1.81 bits per heavy atom. The summed E-state index contributed by atoms with van der Waals surface area (Å²) < 4.78 is 0. The molecule has 0 aromatic rings. The topological polar surface area (TPSA) is 41.5 Å². The molecule has 4 heteroatoms. The van der Waals surface area contributed by atoms with Gasteiger partial charge in [0, 0.05) is 0 Å². The van der Waals surface area contributed by atoms with E-state index in [1.807, 2.05) is 0 Å². The first-order chi connectivity index (χ1) is 7.65. The largest absolute Gasteiger partial charge is 0.411 e. The fourth-order valence-electron chi connectivity index (χ4n) is 4.27. The van der Waals surface area contributed by atoms with E-state index in [1.54, 1.807) is 9.80 Å². The van der Waals surface area contributed by atoms with Crippen molar-refractivity contribution in [3.8, 4) is 0 Å². The van der Waals surface area contributed by atoms with Gasteiger partial charge in [-0.3, -0.25) is 0 Å². The number of rotatable bonds is 1. The van der Waals surface area contributed by atoms with Crippen LogP contribution in [0.4, 0.5) is 0 Å². The maximum Gasteiger partial charge on any atom is 0.127 e. The van der Waals surface area contributed by atoms with Gasteiger partial charge < -0.3 is 15.0 Å². The van der Waals surface area contributed by atoms with Crippen molar-refractivity contribution in [1.29, 1.82) is 0 Å². The second kappa shape index (κ2) is 3.44. The number of nitrogens with zero attached hydrogens (tertiary/aromatic N) is 1. The molecule has 0 aromatic carbocycles. The molecule has 0 aromatic heterocycles. The predicted molar refractivity (Wildman–Crippen MR) is 61.1 cm³/mol. The second-order valence-corrected chi connectivity index (χ2v) is 6.25. The average molecular weight is 225 g/mol. The molecule has 4 aliphatic heterocycles. The van der Waals surface area contributed by atoms with E-state index in [0.717, 1.165) is 5.71 Å². The molecular weight excluding hydrogens is 202 g/mol. The molecule has 2 unspecified atom stereocenters. The van der Waals surface area contributed by atoms with Crippen LogP contribution < -0.4 is 9.80 Å². The molecule has 4 bridgehead atoms. The van der Waals surface area contributed by atoms with Crippen LogP contribution in [0, 0.1) is 17.3 Å². The van der Waals surface area contributed by atoms with Gasteiger partial charge in [0.2, 0.25) is 0 Å². The third kappa shape index (κ3) is 1.26. The third-order valence-corrected chi connectivity index (χ3v) is 5.14. The predicted octanol–water partition coefficient (Wildman–Crippen LogP) is -2.11. The summed E-state index contributed by atoms with van der Waals surface area (Å²) in [4.78, 5) is 3.47. The fourth-order valence-corrected chi connectivity index (χ4v) is 4.27. The summed E-state index contributed by atoms with van der Waals surface area (Å²) in [5, 5.41) is 13.1. The lowest BCUT2D eigenvalue weighted by atomic mass is 9.64. The minimum Gasteiger partial charge on any atom is -0.411 e. The molecule has 4 aliphatic rings. The Bertz CT molecular complexity index is 310. The molecule has 0 spiro atoms. The van der Waals surface area contributed by atoms with Crippen molar-refractivity contribution >= 4 is 5.71 Å². The molecule has 4 nitrogen and oxygen atoms in total. The summed E-state index contributed by atoms with van der Waals surface area (Å²) in [6.45, 7) is 11.9. The summed E-state index contributed by atoms with van der Waals surface area (Å²) in [5.41, 5.74) is 1.30. The standard InChI is InChI=1S/C12H21N3O/c1-9(2)12-7-14-3-4-15(8-12)6-10(5-14)11(12)13-16/h9-10,16H,3-8H2,1-2H3/p+2/b13-11-. The highest BCUT2D eigenvalue weighted by Crippen LogP contribution is 2.34. The lowest BCUT2D eigenvalue weighted by molar-refractivity contribution is -0.918. The van der Waals surface area contributed by atoms with E-state index in [-0.39, 0.29) is 5.41 Å². The van der Waals surface area contributed by atoms with Gasteiger partial charge in [-0.1, -0.05) is 19.0 Å². The van der Waals surface area contributed by atoms with Crippen LogP contribution in [0.15, 0.2) is 5.16 Å². The Hall–Kier alpha value is -0.610. The Morgan fingerprint density at radius 1 is 1.25 bits per heavy atom. The minimum atomic E-state index is 0.178. The highest BCUT2D eigenvalue weighted by molar-refractivity contribution is 5.93. The number of quaternary nitrogens is 2. The van der Waals surface area contributed by atoms with Gasteiger partial charge in [-0.15, -0.1) is 0 Å². The van der Waals surface area contributed by atoms with Crippen LogP contribution in [0.3, 0.4) is 0 Å². The number of nitrogens with one attached hydrogen (secondary N) is 2. The zero-order valence-corrected chi connectivity index (χ0v) is 10.3. The Labute approximate surface area is 96.9 Å². The van der Waals surface area contributed by atoms with Crippen molar-refractivity contribution in [3.63, 3.8) is 0 Å². The molecule has 4 saturated heterocycles. The first-order valence-corrected chi connectivity index (χ1v) is 6.55. The maximum absolute atomic E-state index is 9.37. The number of oxime groups is 1. The van der Waals surface area contributed by atoms with Crippen molar-refractivity contribution in [1.82, 2.24) is 0 Å². The molecule has 4 fully saturated rings. The van der Waals surface area contributed by atoms with Crippen molar-refractivity contribution in [2.75, 3.05) is 39.3 Å². The van der Waals surface area contributed by atoms with Gasteiger partial charge in [-0.25, -0.2) is 0 Å². The highest BCUT2D eigenvalue weighted by Gasteiger charge is 2.59. The maximum atomic E-state index is 9.37. The normalized spacial score (nSPS) is 48.9. The van der Waals surface area contributed by atoms with Crippen molar-refractivity contribution in [2.24, 2.45) is 22.4 Å². The van der Waals surface area contributed by atoms with Crippen LogP contribution in [-0.2, 0) is 0 Å². The first-order valence-electron chi connectivity index (χ1n) is 6.55. The van der Waals surface area contributed by atoms with Gasteiger partial charge in [0.05, 0.1) is 37.8 Å². The van der Waals surface area contributed by atoms with Crippen LogP contribution in [0.2, 0.25) is 0 Å². The molecule has 4 heterocycles. The minimum absolute atomic E-state index is 0.178. The van der Waals surface area contributed by atoms with E-state index >= 15 is 0 Å². The summed E-state index contributed by atoms with van der Waals surface area (Å²) in [6, 6.07) is 0. The Morgan fingerprint density at radius 3 is 2.25 bits per heavy atom. The molecule has 0 amide bonds. The smallest absolute Gasteiger partial charge is 0.127 e. The molecule has 0 radical (unpaired) electrons. The molecule has 4 rings (SSSR count). The molecule has 0 saturated carbocycles. The van der Waals surface area contributed by atoms with Crippen molar-refractivity contribution < 1.29 is 15.0 Å². The van der Waals surface area contributed by atoms with Gasteiger partial charge in [-0.2, -0.15) is 0 Å². The van der Waals surface area contributed by atoms with Crippen molar-refractivity contribution in [2.45, 2.75) is 13.8 Å². The lowest BCUT2D eigenvalue weighted by Gasteiger charge is -2.47. The Balaban J connectivity index is 2.06. The van der Waals surface area contributed by atoms with E-state index in [1.165, 1.54) is 39.3 Å². The summed E-state index contributed by atoms with van der Waals surface area (Å²) >= 11 is 0. The van der Waals surface area contributed by atoms with E-state index in [2.05, 4.69) is 19.0 Å². The quantitative estimate of drug-likeness (QED) is 0.347. The zero-order chi connectivity index (χ0) is 11.3. The lowest BCUT2D eigenvalue weighted by Crippen LogP contribution is -3.17. The van der Waals surface area contributed by atoms with Crippen LogP contribution in [0.25, 0.3) is 0 Å². The molecule has 0 aliphatic carbocycles. The molecule has 16 heavy (non-hydrogen) atoms. The van der Waals surface area contributed by atoms with Gasteiger partial charge in [0.15, 0.2) is 0 Å². The van der Waals surface area contributed by atoms with E-state index in [4.69, 9.17) is 0 Å².